The van der Waals surface area contributed by atoms with Crippen molar-refractivity contribution in [3.05, 3.63) is 20.8 Å². The molecule has 1 aliphatic carbocycles. The number of amides is 1. The summed E-state index contributed by atoms with van der Waals surface area (Å²) in [6.07, 6.45) is 2.54. The zero-order valence-corrected chi connectivity index (χ0v) is 11.3. The lowest BCUT2D eigenvalue weighted by Gasteiger charge is -2.24. The summed E-state index contributed by atoms with van der Waals surface area (Å²) < 4.78 is 1.01. The van der Waals surface area contributed by atoms with Gasteiger partial charge in [0.25, 0.3) is 5.91 Å². The number of hydrogen-bond acceptors (Lipinski definition) is 2. The van der Waals surface area contributed by atoms with Crippen LogP contribution in [0.3, 0.4) is 0 Å². The fourth-order valence-corrected chi connectivity index (χ4v) is 2.84. The summed E-state index contributed by atoms with van der Waals surface area (Å²) in [5, 5.41) is 1.91. The molecule has 0 saturated heterocycles. The highest BCUT2D eigenvalue weighted by Crippen LogP contribution is 2.35. The van der Waals surface area contributed by atoms with Gasteiger partial charge in [-0.3, -0.25) is 4.79 Å². The van der Waals surface area contributed by atoms with Crippen molar-refractivity contribution < 1.29 is 4.79 Å². The highest BCUT2D eigenvalue weighted by molar-refractivity contribution is 9.11. The molecule has 1 aromatic heterocycles. The van der Waals surface area contributed by atoms with Gasteiger partial charge in [0, 0.05) is 18.5 Å². The maximum absolute atomic E-state index is 12.0. The molecule has 0 spiro atoms. The standard InChI is InChI=1S/C11H14BrNOS/c1-7(8-3-4-8)13(2)11(14)9-5-10(12)15-6-9/h5-8H,3-4H2,1-2H3. The Balaban J connectivity index is 2.06. The van der Waals surface area contributed by atoms with Crippen LogP contribution in [0.15, 0.2) is 15.2 Å². The highest BCUT2D eigenvalue weighted by Gasteiger charge is 2.32. The molecule has 15 heavy (non-hydrogen) atoms. The summed E-state index contributed by atoms with van der Waals surface area (Å²) in [6.45, 7) is 2.14. The van der Waals surface area contributed by atoms with Gasteiger partial charge in [-0.15, -0.1) is 11.3 Å². The maximum atomic E-state index is 12.0. The number of carbonyl (C=O) groups is 1. The summed E-state index contributed by atoms with van der Waals surface area (Å²) in [4.78, 5) is 13.9. The average molecular weight is 288 g/mol. The van der Waals surface area contributed by atoms with Gasteiger partial charge >= 0.3 is 0 Å². The molecule has 2 rings (SSSR count). The van der Waals surface area contributed by atoms with Crippen molar-refractivity contribution in [2.75, 3.05) is 7.05 Å². The smallest absolute Gasteiger partial charge is 0.254 e. The zero-order chi connectivity index (χ0) is 11.0. The predicted molar refractivity (Wildman–Crippen MR) is 66.3 cm³/mol. The lowest BCUT2D eigenvalue weighted by molar-refractivity contribution is 0.0728. The second-order valence-corrected chi connectivity index (χ2v) is 6.42. The van der Waals surface area contributed by atoms with Crippen LogP contribution in [-0.2, 0) is 0 Å². The average Bonchev–Trinajstić information content (AvgIpc) is 2.98. The second kappa shape index (κ2) is 4.26. The quantitative estimate of drug-likeness (QED) is 0.835. The Morgan fingerprint density at radius 1 is 1.67 bits per heavy atom. The van der Waals surface area contributed by atoms with Crippen molar-refractivity contribution in [1.29, 1.82) is 0 Å². The monoisotopic (exact) mass is 287 g/mol. The number of nitrogens with zero attached hydrogens (tertiary/aromatic N) is 1. The van der Waals surface area contributed by atoms with E-state index in [1.807, 2.05) is 23.4 Å². The molecule has 2 nitrogen and oxygen atoms in total. The van der Waals surface area contributed by atoms with E-state index >= 15 is 0 Å². The molecular formula is C11H14BrNOS. The molecule has 0 N–H and O–H groups in total. The molecule has 1 heterocycles. The van der Waals surface area contributed by atoms with Crippen LogP contribution in [0.2, 0.25) is 0 Å². The summed E-state index contributed by atoms with van der Waals surface area (Å²) in [5.74, 6) is 0.859. The summed E-state index contributed by atoms with van der Waals surface area (Å²) in [6, 6.07) is 2.26. The zero-order valence-electron chi connectivity index (χ0n) is 8.87. The minimum atomic E-state index is 0.136. The highest BCUT2D eigenvalue weighted by atomic mass is 79.9. The number of halogens is 1. The van der Waals surface area contributed by atoms with E-state index in [4.69, 9.17) is 0 Å². The van der Waals surface area contributed by atoms with Crippen molar-refractivity contribution in [1.82, 2.24) is 4.90 Å². The van der Waals surface area contributed by atoms with Gasteiger partial charge in [0.15, 0.2) is 0 Å². The molecule has 1 atom stereocenters. The van der Waals surface area contributed by atoms with Crippen molar-refractivity contribution in [2.45, 2.75) is 25.8 Å². The Morgan fingerprint density at radius 2 is 2.33 bits per heavy atom. The van der Waals surface area contributed by atoms with Crippen molar-refractivity contribution in [2.24, 2.45) is 5.92 Å². The van der Waals surface area contributed by atoms with Gasteiger partial charge in [-0.25, -0.2) is 0 Å². The second-order valence-electron chi connectivity index (χ2n) is 4.13. The third-order valence-electron chi connectivity index (χ3n) is 3.05. The van der Waals surface area contributed by atoms with E-state index in [9.17, 15) is 4.79 Å². The van der Waals surface area contributed by atoms with Gasteiger partial charge in [-0.05, 0) is 47.7 Å². The van der Waals surface area contributed by atoms with Crippen LogP contribution in [0, 0.1) is 5.92 Å². The van der Waals surface area contributed by atoms with Crippen molar-refractivity contribution in [3.63, 3.8) is 0 Å². The third kappa shape index (κ3) is 2.42. The Bertz CT molecular complexity index is 372. The third-order valence-corrected chi connectivity index (χ3v) is 4.55. The fraction of sp³-hybridized carbons (Fsp3) is 0.545. The molecule has 1 amide bonds. The Morgan fingerprint density at radius 3 is 2.80 bits per heavy atom. The van der Waals surface area contributed by atoms with E-state index in [2.05, 4.69) is 22.9 Å². The van der Waals surface area contributed by atoms with Gasteiger partial charge in [0.05, 0.1) is 9.35 Å². The molecular weight excluding hydrogens is 274 g/mol. The van der Waals surface area contributed by atoms with Crippen LogP contribution in [-0.4, -0.2) is 23.9 Å². The summed E-state index contributed by atoms with van der Waals surface area (Å²) in [5.41, 5.74) is 0.793. The Kier molecular flexibility index (Phi) is 3.16. The molecule has 0 bridgehead atoms. The largest absolute Gasteiger partial charge is 0.339 e. The predicted octanol–water partition coefficient (Wildman–Crippen LogP) is 3.38. The molecule has 4 heteroatoms. The summed E-state index contributed by atoms with van der Waals surface area (Å²) >= 11 is 4.93. The Labute approximate surface area is 102 Å². The van der Waals surface area contributed by atoms with Crippen LogP contribution in [0.5, 0.6) is 0 Å². The lowest BCUT2D eigenvalue weighted by Crippen LogP contribution is -2.36. The van der Waals surface area contributed by atoms with Gasteiger partial charge in [0.2, 0.25) is 0 Å². The first-order chi connectivity index (χ1) is 7.09. The SMILES string of the molecule is CC(C1CC1)N(C)C(=O)c1csc(Br)c1. The molecule has 1 saturated carbocycles. The van der Waals surface area contributed by atoms with Crippen LogP contribution in [0.1, 0.15) is 30.1 Å². The van der Waals surface area contributed by atoms with Crippen LogP contribution < -0.4 is 0 Å². The lowest BCUT2D eigenvalue weighted by atomic mass is 10.1. The Hall–Kier alpha value is -0.350. The van der Waals surface area contributed by atoms with Crippen LogP contribution in [0.4, 0.5) is 0 Å². The van der Waals surface area contributed by atoms with Crippen molar-refractivity contribution in [3.8, 4) is 0 Å². The van der Waals surface area contributed by atoms with E-state index in [-0.39, 0.29) is 5.91 Å². The minimum Gasteiger partial charge on any atom is -0.339 e. The first kappa shape index (κ1) is 11.1. The van der Waals surface area contributed by atoms with E-state index in [1.165, 1.54) is 12.8 Å². The molecule has 1 aromatic rings. The number of hydrogen-bond donors (Lipinski definition) is 0. The van der Waals surface area contributed by atoms with E-state index < -0.39 is 0 Å². The van der Waals surface area contributed by atoms with Crippen LogP contribution >= 0.6 is 27.3 Å². The van der Waals surface area contributed by atoms with E-state index in [1.54, 1.807) is 11.3 Å². The topological polar surface area (TPSA) is 20.3 Å². The van der Waals surface area contributed by atoms with Crippen LogP contribution in [0.25, 0.3) is 0 Å². The first-order valence-corrected chi connectivity index (χ1v) is 6.78. The number of thiophene rings is 1. The maximum Gasteiger partial charge on any atom is 0.254 e. The minimum absolute atomic E-state index is 0.136. The summed E-state index contributed by atoms with van der Waals surface area (Å²) in [7, 11) is 1.90. The molecule has 82 valence electrons. The normalized spacial score (nSPS) is 17.5. The van der Waals surface area contributed by atoms with Gasteiger partial charge in [-0.1, -0.05) is 0 Å². The molecule has 1 unspecified atom stereocenters. The number of carbonyl (C=O) groups excluding carboxylic acids is 1. The number of rotatable bonds is 3. The molecule has 0 radical (unpaired) electrons. The van der Waals surface area contributed by atoms with Gasteiger partial charge in [0.1, 0.15) is 0 Å². The first-order valence-electron chi connectivity index (χ1n) is 5.11. The molecule has 1 aliphatic rings. The molecule has 0 aromatic carbocycles. The van der Waals surface area contributed by atoms with Crippen molar-refractivity contribution >= 4 is 33.2 Å². The molecule has 1 fully saturated rings. The van der Waals surface area contributed by atoms with E-state index in [0.29, 0.717) is 6.04 Å². The fourth-order valence-electron chi connectivity index (χ4n) is 1.71. The van der Waals surface area contributed by atoms with E-state index in [0.717, 1.165) is 15.3 Å². The molecule has 0 aliphatic heterocycles. The van der Waals surface area contributed by atoms with Gasteiger partial charge in [-0.2, -0.15) is 0 Å². The van der Waals surface area contributed by atoms with Gasteiger partial charge < -0.3 is 4.90 Å².